The lowest BCUT2D eigenvalue weighted by Crippen LogP contribution is -2.23. The molecule has 0 fully saturated rings. The van der Waals surface area contributed by atoms with Crippen LogP contribution in [0, 0.1) is 20.8 Å². The quantitative estimate of drug-likeness (QED) is 0.797. The third-order valence-electron chi connectivity index (χ3n) is 4.21. The highest BCUT2D eigenvalue weighted by atomic mass is 16.3. The van der Waals surface area contributed by atoms with Crippen LogP contribution >= 0.6 is 0 Å². The summed E-state index contributed by atoms with van der Waals surface area (Å²) in [5.74, 6) is 0.125. The average molecular weight is 326 g/mol. The Balaban J connectivity index is 1.82. The number of nitrogens with one attached hydrogen (secondary N) is 1. The van der Waals surface area contributed by atoms with E-state index in [2.05, 4.69) is 15.6 Å². The van der Waals surface area contributed by atoms with E-state index in [0.717, 1.165) is 33.4 Å². The summed E-state index contributed by atoms with van der Waals surface area (Å²) in [6.45, 7) is 10.3. The van der Waals surface area contributed by atoms with Gasteiger partial charge in [0.2, 0.25) is 0 Å². The third-order valence-corrected chi connectivity index (χ3v) is 4.21. The largest absolute Gasteiger partial charge is 0.450 e. The predicted octanol–water partition coefficient (Wildman–Crippen LogP) is 3.46. The van der Waals surface area contributed by atoms with E-state index in [1.165, 1.54) is 0 Å². The zero-order valence-corrected chi connectivity index (χ0v) is 14.7. The first kappa shape index (κ1) is 16.2. The number of aromatic nitrogens is 3. The normalized spacial score (nSPS) is 11.4. The van der Waals surface area contributed by atoms with Crippen LogP contribution in [-0.2, 0) is 6.54 Å². The Hall–Kier alpha value is -2.63. The molecule has 0 aliphatic carbocycles. The van der Waals surface area contributed by atoms with Crippen molar-refractivity contribution in [3.8, 4) is 0 Å². The molecule has 2 aromatic heterocycles. The Morgan fingerprint density at radius 2 is 1.96 bits per heavy atom. The van der Waals surface area contributed by atoms with Crippen LogP contribution in [-0.4, -0.2) is 20.9 Å². The number of aryl methyl sites for hydroxylation is 3. The monoisotopic (exact) mass is 326 g/mol. The van der Waals surface area contributed by atoms with Gasteiger partial charge in [-0.25, -0.2) is 4.68 Å². The Labute approximate surface area is 140 Å². The van der Waals surface area contributed by atoms with Crippen LogP contribution in [0.4, 0.5) is 0 Å². The zero-order valence-electron chi connectivity index (χ0n) is 14.7. The Bertz CT molecular complexity index is 905. The number of benzene rings is 1. The van der Waals surface area contributed by atoms with Crippen LogP contribution in [0.3, 0.4) is 0 Å². The molecule has 126 valence electrons. The predicted molar refractivity (Wildman–Crippen MR) is 92.0 cm³/mol. The summed E-state index contributed by atoms with van der Waals surface area (Å²) >= 11 is 0. The van der Waals surface area contributed by atoms with Gasteiger partial charge in [0.15, 0.2) is 5.76 Å². The number of fused-ring (bicyclic) bond motifs is 1. The second-order valence-electron chi connectivity index (χ2n) is 6.43. The molecular formula is C18H22N4O2. The van der Waals surface area contributed by atoms with Crippen LogP contribution in [0.25, 0.3) is 11.0 Å². The molecule has 2 heterocycles. The molecule has 3 rings (SSSR count). The summed E-state index contributed by atoms with van der Waals surface area (Å²) in [5, 5.41) is 12.0. The van der Waals surface area contributed by atoms with Crippen molar-refractivity contribution in [1.29, 1.82) is 0 Å². The molecular weight excluding hydrogens is 304 g/mol. The number of carbonyl (C=O) groups is 1. The molecule has 0 aliphatic heterocycles. The van der Waals surface area contributed by atoms with Gasteiger partial charge in [0.25, 0.3) is 5.91 Å². The maximum Gasteiger partial charge on any atom is 0.287 e. The SMILES string of the molecule is Cc1ccc(C)c2c(C)c(C(=O)NCc3cn(C(C)C)nn3)oc12. The highest BCUT2D eigenvalue weighted by Gasteiger charge is 2.20. The zero-order chi connectivity index (χ0) is 17.4. The lowest BCUT2D eigenvalue weighted by molar-refractivity contribution is 0.0924. The van der Waals surface area contributed by atoms with E-state index in [-0.39, 0.29) is 11.9 Å². The van der Waals surface area contributed by atoms with Crippen molar-refractivity contribution in [2.45, 2.75) is 47.2 Å². The van der Waals surface area contributed by atoms with Crippen LogP contribution in [0.1, 0.15) is 52.8 Å². The van der Waals surface area contributed by atoms with Gasteiger partial charge in [-0.2, -0.15) is 0 Å². The minimum atomic E-state index is -0.235. The molecule has 0 saturated carbocycles. The summed E-state index contributed by atoms with van der Waals surface area (Å²) in [6.07, 6.45) is 1.84. The van der Waals surface area contributed by atoms with E-state index in [1.54, 1.807) is 4.68 Å². The molecule has 1 amide bonds. The molecule has 24 heavy (non-hydrogen) atoms. The standard InChI is InChI=1S/C18H22N4O2/c1-10(2)22-9-14(20-21-22)8-19-18(23)17-13(5)15-11(3)6-7-12(4)16(15)24-17/h6-7,9-10H,8H2,1-5H3,(H,19,23). The lowest BCUT2D eigenvalue weighted by Gasteiger charge is -2.02. The third kappa shape index (κ3) is 2.79. The lowest BCUT2D eigenvalue weighted by atomic mass is 10.0. The first-order valence-electron chi connectivity index (χ1n) is 8.06. The molecule has 0 atom stereocenters. The second kappa shape index (κ2) is 6.11. The van der Waals surface area contributed by atoms with E-state index in [4.69, 9.17) is 4.42 Å². The smallest absolute Gasteiger partial charge is 0.287 e. The highest BCUT2D eigenvalue weighted by molar-refractivity contribution is 6.00. The first-order valence-corrected chi connectivity index (χ1v) is 8.06. The molecule has 0 unspecified atom stereocenters. The average Bonchev–Trinajstić information content (AvgIpc) is 3.14. The molecule has 6 heteroatoms. The maximum atomic E-state index is 12.5. The Morgan fingerprint density at radius 1 is 1.25 bits per heavy atom. The highest BCUT2D eigenvalue weighted by Crippen LogP contribution is 2.30. The molecule has 0 bridgehead atoms. The van der Waals surface area contributed by atoms with Crippen molar-refractivity contribution >= 4 is 16.9 Å². The van der Waals surface area contributed by atoms with E-state index >= 15 is 0 Å². The van der Waals surface area contributed by atoms with Crippen molar-refractivity contribution in [3.63, 3.8) is 0 Å². The van der Waals surface area contributed by atoms with Gasteiger partial charge in [-0.05, 0) is 45.7 Å². The number of rotatable bonds is 4. The fourth-order valence-electron chi connectivity index (χ4n) is 2.79. The number of nitrogens with zero attached hydrogens (tertiary/aromatic N) is 3. The number of amides is 1. The van der Waals surface area contributed by atoms with Gasteiger partial charge in [-0.15, -0.1) is 5.10 Å². The van der Waals surface area contributed by atoms with Crippen LogP contribution in [0.15, 0.2) is 22.7 Å². The minimum absolute atomic E-state index is 0.235. The molecule has 0 aliphatic rings. The van der Waals surface area contributed by atoms with Gasteiger partial charge in [0.1, 0.15) is 11.3 Å². The van der Waals surface area contributed by atoms with Crippen molar-refractivity contribution in [2.75, 3.05) is 0 Å². The van der Waals surface area contributed by atoms with Crippen LogP contribution in [0.2, 0.25) is 0 Å². The molecule has 0 radical (unpaired) electrons. The van der Waals surface area contributed by atoms with Gasteiger partial charge in [0, 0.05) is 17.0 Å². The molecule has 3 aromatic rings. The van der Waals surface area contributed by atoms with Gasteiger partial charge in [-0.3, -0.25) is 4.79 Å². The number of hydrogen-bond donors (Lipinski definition) is 1. The summed E-state index contributed by atoms with van der Waals surface area (Å²) < 4.78 is 7.62. The molecule has 0 saturated heterocycles. The minimum Gasteiger partial charge on any atom is -0.450 e. The van der Waals surface area contributed by atoms with Crippen LogP contribution < -0.4 is 5.32 Å². The van der Waals surface area contributed by atoms with E-state index in [9.17, 15) is 4.79 Å². The van der Waals surface area contributed by atoms with E-state index in [1.807, 2.05) is 52.9 Å². The van der Waals surface area contributed by atoms with Crippen molar-refractivity contribution in [1.82, 2.24) is 20.3 Å². The number of hydrogen-bond acceptors (Lipinski definition) is 4. The first-order chi connectivity index (χ1) is 11.4. The van der Waals surface area contributed by atoms with Gasteiger partial charge >= 0.3 is 0 Å². The molecule has 0 spiro atoms. The van der Waals surface area contributed by atoms with Gasteiger partial charge in [-0.1, -0.05) is 17.3 Å². The van der Waals surface area contributed by atoms with Crippen molar-refractivity contribution in [2.24, 2.45) is 0 Å². The van der Waals surface area contributed by atoms with Crippen molar-refractivity contribution in [3.05, 3.63) is 46.5 Å². The Kier molecular flexibility index (Phi) is 4.13. The topological polar surface area (TPSA) is 73.0 Å². The molecule has 1 N–H and O–H groups in total. The second-order valence-corrected chi connectivity index (χ2v) is 6.43. The fourth-order valence-corrected chi connectivity index (χ4v) is 2.79. The van der Waals surface area contributed by atoms with E-state index < -0.39 is 0 Å². The van der Waals surface area contributed by atoms with Crippen LogP contribution in [0.5, 0.6) is 0 Å². The summed E-state index contributed by atoms with van der Waals surface area (Å²) in [5.41, 5.74) is 4.50. The summed E-state index contributed by atoms with van der Waals surface area (Å²) in [7, 11) is 0. The van der Waals surface area contributed by atoms with Gasteiger partial charge in [0.05, 0.1) is 12.7 Å². The summed E-state index contributed by atoms with van der Waals surface area (Å²) in [6, 6.07) is 4.30. The van der Waals surface area contributed by atoms with E-state index in [0.29, 0.717) is 12.3 Å². The number of furan rings is 1. The number of carbonyl (C=O) groups excluding carboxylic acids is 1. The molecule has 1 aromatic carbocycles. The molecule has 6 nitrogen and oxygen atoms in total. The maximum absolute atomic E-state index is 12.5. The van der Waals surface area contributed by atoms with Gasteiger partial charge < -0.3 is 9.73 Å². The Morgan fingerprint density at radius 3 is 2.58 bits per heavy atom. The fraction of sp³-hybridized carbons (Fsp3) is 0.389. The van der Waals surface area contributed by atoms with Crippen molar-refractivity contribution < 1.29 is 9.21 Å². The summed E-state index contributed by atoms with van der Waals surface area (Å²) in [4.78, 5) is 12.5.